The summed E-state index contributed by atoms with van der Waals surface area (Å²) in [4.78, 5) is 14.2. The Kier molecular flexibility index (Phi) is 4.95. The number of carbonyl (C=O) groups excluding carboxylic acids is 1. The van der Waals surface area contributed by atoms with Crippen LogP contribution in [0.5, 0.6) is 0 Å². The highest BCUT2D eigenvalue weighted by Gasteiger charge is 2.24. The predicted molar refractivity (Wildman–Crippen MR) is 86.9 cm³/mol. The van der Waals surface area contributed by atoms with Gasteiger partial charge in [-0.15, -0.1) is 0 Å². The summed E-state index contributed by atoms with van der Waals surface area (Å²) >= 11 is 0. The van der Waals surface area contributed by atoms with Crippen LogP contribution >= 0.6 is 0 Å². The fourth-order valence-electron chi connectivity index (χ4n) is 3.05. The smallest absolute Gasteiger partial charge is 0.317 e. The van der Waals surface area contributed by atoms with Crippen LogP contribution in [-0.4, -0.2) is 50.5 Å². The van der Waals surface area contributed by atoms with Crippen molar-refractivity contribution < 1.29 is 4.79 Å². The summed E-state index contributed by atoms with van der Waals surface area (Å²) in [5.41, 5.74) is 1.18. The first-order valence-corrected chi connectivity index (χ1v) is 8.22. The average Bonchev–Trinajstić information content (AvgIpc) is 3.26. The maximum absolute atomic E-state index is 12.3. The van der Waals surface area contributed by atoms with Crippen LogP contribution in [0.2, 0.25) is 0 Å². The molecule has 23 heavy (non-hydrogen) atoms. The van der Waals surface area contributed by atoms with Gasteiger partial charge in [0, 0.05) is 56.4 Å². The highest BCUT2D eigenvalue weighted by molar-refractivity contribution is 5.74. The van der Waals surface area contributed by atoms with Crippen LogP contribution in [0.4, 0.5) is 4.79 Å². The summed E-state index contributed by atoms with van der Waals surface area (Å²) in [6, 6.07) is 3.98. The van der Waals surface area contributed by atoms with E-state index in [4.69, 9.17) is 0 Å². The van der Waals surface area contributed by atoms with Gasteiger partial charge in [-0.3, -0.25) is 9.78 Å². The second-order valence-electron chi connectivity index (χ2n) is 6.29. The molecular weight excluding hydrogens is 292 g/mol. The lowest BCUT2D eigenvalue weighted by Gasteiger charge is -2.31. The Balaban J connectivity index is 1.39. The van der Waals surface area contributed by atoms with E-state index in [9.17, 15) is 4.79 Å². The van der Waals surface area contributed by atoms with Crippen LogP contribution < -0.4 is 5.32 Å². The molecule has 2 amide bonds. The van der Waals surface area contributed by atoms with Crippen molar-refractivity contribution in [3.05, 3.63) is 36.4 Å². The lowest BCUT2D eigenvalue weighted by molar-refractivity contribution is 0.179. The zero-order chi connectivity index (χ0) is 16.1. The van der Waals surface area contributed by atoms with Gasteiger partial charge in [0.25, 0.3) is 0 Å². The Bertz CT molecular complexity index is 586. The van der Waals surface area contributed by atoms with Crippen LogP contribution in [0.15, 0.2) is 30.7 Å². The van der Waals surface area contributed by atoms with E-state index in [0.717, 1.165) is 32.5 Å². The summed E-state index contributed by atoms with van der Waals surface area (Å²) in [5.74, 6) is 0.835. The van der Waals surface area contributed by atoms with Crippen molar-refractivity contribution >= 4 is 6.03 Å². The van der Waals surface area contributed by atoms with Gasteiger partial charge >= 0.3 is 6.03 Å². The molecule has 1 fully saturated rings. The third-order valence-electron chi connectivity index (χ3n) is 4.40. The van der Waals surface area contributed by atoms with Gasteiger partial charge < -0.3 is 10.2 Å². The van der Waals surface area contributed by atoms with Crippen molar-refractivity contribution in [2.45, 2.75) is 32.2 Å². The average molecular weight is 316 g/mol. The Morgan fingerprint density at radius 2 is 2.26 bits per heavy atom. The maximum atomic E-state index is 12.3. The molecule has 1 saturated heterocycles. The maximum Gasteiger partial charge on any atom is 0.317 e. The fourth-order valence-corrected chi connectivity index (χ4v) is 3.05. The molecule has 124 valence electrons. The molecule has 0 aliphatic carbocycles. The summed E-state index contributed by atoms with van der Waals surface area (Å²) in [6.45, 7) is 5.19. The standard InChI is InChI=1S/C16H24N6O/c1-13(12-22-8-2-6-19-22)11-17-16(23)21-9-4-14(5-10-21)15-3-7-18-20-15/h2-3,6-8,13-14H,4-5,9-12H2,1H3,(H,17,23)(H,18,20)/t13-/m0/s1. The number of nitrogens with one attached hydrogen (secondary N) is 2. The fraction of sp³-hybridized carbons (Fsp3) is 0.562. The quantitative estimate of drug-likeness (QED) is 0.883. The van der Waals surface area contributed by atoms with E-state index in [-0.39, 0.29) is 6.03 Å². The number of likely N-dealkylation sites (tertiary alicyclic amines) is 1. The Labute approximate surface area is 136 Å². The number of amides is 2. The molecule has 7 heteroatoms. The second kappa shape index (κ2) is 7.30. The third kappa shape index (κ3) is 4.12. The monoisotopic (exact) mass is 316 g/mol. The number of aromatic amines is 1. The number of H-pyrrole nitrogens is 1. The summed E-state index contributed by atoms with van der Waals surface area (Å²) in [6.07, 6.45) is 7.47. The van der Waals surface area contributed by atoms with Gasteiger partial charge in [0.1, 0.15) is 0 Å². The Morgan fingerprint density at radius 1 is 1.43 bits per heavy atom. The molecule has 2 aromatic heterocycles. The number of piperidine rings is 1. The van der Waals surface area contributed by atoms with Crippen LogP contribution in [-0.2, 0) is 6.54 Å². The number of aromatic nitrogens is 4. The molecule has 3 rings (SSSR count). The van der Waals surface area contributed by atoms with E-state index in [1.807, 2.05) is 27.9 Å². The van der Waals surface area contributed by atoms with Crippen molar-refractivity contribution in [1.82, 2.24) is 30.2 Å². The van der Waals surface area contributed by atoms with Crippen LogP contribution in [0.1, 0.15) is 31.4 Å². The number of nitrogens with zero attached hydrogens (tertiary/aromatic N) is 4. The predicted octanol–water partition coefficient (Wildman–Crippen LogP) is 1.83. The van der Waals surface area contributed by atoms with Gasteiger partial charge in [0.05, 0.1) is 0 Å². The van der Waals surface area contributed by atoms with Gasteiger partial charge in [-0.05, 0) is 30.9 Å². The molecule has 0 unspecified atom stereocenters. The SMILES string of the molecule is C[C@@H](CNC(=O)N1CCC(c2ccn[nH]2)CC1)Cn1cccn1. The number of hydrogen-bond acceptors (Lipinski definition) is 3. The van der Waals surface area contributed by atoms with Crippen molar-refractivity contribution in [3.8, 4) is 0 Å². The zero-order valence-corrected chi connectivity index (χ0v) is 13.5. The first-order chi connectivity index (χ1) is 11.2. The van der Waals surface area contributed by atoms with E-state index in [1.165, 1.54) is 5.69 Å². The summed E-state index contributed by atoms with van der Waals surface area (Å²) in [7, 11) is 0. The molecule has 0 bridgehead atoms. The van der Waals surface area contributed by atoms with E-state index in [0.29, 0.717) is 18.4 Å². The topological polar surface area (TPSA) is 78.8 Å². The summed E-state index contributed by atoms with van der Waals surface area (Å²) in [5, 5.41) is 14.3. The van der Waals surface area contributed by atoms with Crippen molar-refractivity contribution in [3.63, 3.8) is 0 Å². The molecule has 0 spiro atoms. The number of urea groups is 1. The van der Waals surface area contributed by atoms with Crippen molar-refractivity contribution in [1.29, 1.82) is 0 Å². The van der Waals surface area contributed by atoms with Crippen LogP contribution in [0, 0.1) is 5.92 Å². The lowest BCUT2D eigenvalue weighted by atomic mass is 9.94. The summed E-state index contributed by atoms with van der Waals surface area (Å²) < 4.78 is 1.90. The Hall–Kier alpha value is -2.31. The van der Waals surface area contributed by atoms with Crippen molar-refractivity contribution in [2.24, 2.45) is 5.92 Å². The number of rotatable bonds is 5. The number of hydrogen-bond donors (Lipinski definition) is 2. The molecule has 0 radical (unpaired) electrons. The largest absolute Gasteiger partial charge is 0.338 e. The minimum atomic E-state index is 0.0420. The van der Waals surface area contributed by atoms with E-state index in [1.54, 1.807) is 12.4 Å². The first kappa shape index (κ1) is 15.6. The highest BCUT2D eigenvalue weighted by Crippen LogP contribution is 2.26. The van der Waals surface area contributed by atoms with Gasteiger partial charge in [-0.2, -0.15) is 10.2 Å². The highest BCUT2D eigenvalue weighted by atomic mass is 16.2. The lowest BCUT2D eigenvalue weighted by Crippen LogP contribution is -2.45. The van der Waals surface area contributed by atoms with E-state index >= 15 is 0 Å². The molecule has 1 aliphatic rings. The normalized spacial score (nSPS) is 17.2. The first-order valence-electron chi connectivity index (χ1n) is 8.22. The molecule has 7 nitrogen and oxygen atoms in total. The van der Waals surface area contributed by atoms with Gasteiger partial charge in [0.2, 0.25) is 0 Å². The van der Waals surface area contributed by atoms with E-state index in [2.05, 4.69) is 27.5 Å². The van der Waals surface area contributed by atoms with Crippen LogP contribution in [0.25, 0.3) is 0 Å². The zero-order valence-electron chi connectivity index (χ0n) is 13.5. The molecular formula is C16H24N6O. The minimum absolute atomic E-state index is 0.0420. The second-order valence-corrected chi connectivity index (χ2v) is 6.29. The molecule has 0 aromatic carbocycles. The molecule has 2 N–H and O–H groups in total. The molecule has 0 saturated carbocycles. The molecule has 1 aliphatic heterocycles. The van der Waals surface area contributed by atoms with Crippen molar-refractivity contribution in [2.75, 3.05) is 19.6 Å². The number of carbonyl (C=O) groups is 1. The van der Waals surface area contributed by atoms with Gasteiger partial charge in [-0.1, -0.05) is 6.92 Å². The molecule has 1 atom stereocenters. The third-order valence-corrected chi connectivity index (χ3v) is 4.40. The van der Waals surface area contributed by atoms with Crippen LogP contribution in [0.3, 0.4) is 0 Å². The van der Waals surface area contributed by atoms with E-state index < -0.39 is 0 Å². The van der Waals surface area contributed by atoms with Gasteiger partial charge in [-0.25, -0.2) is 4.79 Å². The Morgan fingerprint density at radius 3 is 2.91 bits per heavy atom. The minimum Gasteiger partial charge on any atom is -0.338 e. The van der Waals surface area contributed by atoms with Gasteiger partial charge in [0.15, 0.2) is 0 Å². The molecule has 2 aromatic rings. The molecule has 3 heterocycles.